The van der Waals surface area contributed by atoms with Gasteiger partial charge in [0.15, 0.2) is 5.79 Å². The summed E-state index contributed by atoms with van der Waals surface area (Å²) in [4.78, 5) is 10.7. The molecule has 0 aliphatic heterocycles. The van der Waals surface area contributed by atoms with Crippen molar-refractivity contribution >= 4 is 5.97 Å². The number of hydrogen-bond donors (Lipinski definition) is 2. The fourth-order valence-corrected chi connectivity index (χ4v) is 3.95. The van der Waals surface area contributed by atoms with Gasteiger partial charge in [-0.1, -0.05) is 63.8 Å². The Morgan fingerprint density at radius 1 is 1.21 bits per heavy atom. The average Bonchev–Trinajstić information content (AvgIpc) is 3.08. The van der Waals surface area contributed by atoms with Crippen LogP contribution in [0.25, 0.3) is 0 Å². The van der Waals surface area contributed by atoms with Gasteiger partial charge in [0, 0.05) is 13.3 Å². The van der Waals surface area contributed by atoms with E-state index in [0.29, 0.717) is 12.3 Å². The summed E-state index contributed by atoms with van der Waals surface area (Å²) in [6.07, 6.45) is 21.2. The summed E-state index contributed by atoms with van der Waals surface area (Å²) in [5.41, 5.74) is 0. The highest BCUT2D eigenvalue weighted by atomic mass is 16.6. The molecule has 0 unspecified atom stereocenters. The van der Waals surface area contributed by atoms with Crippen molar-refractivity contribution in [2.24, 2.45) is 17.8 Å². The third-order valence-corrected chi connectivity index (χ3v) is 5.75. The lowest BCUT2D eigenvalue weighted by atomic mass is 9.91. The highest BCUT2D eigenvalue weighted by molar-refractivity contribution is 5.65. The SMILES string of the molecule is CCCC[C@@H](C)CC=C[C@H]1CCC[C@@H]1CC=CCCCC(O)(O)COC(C)=O. The van der Waals surface area contributed by atoms with E-state index in [1.165, 1.54) is 51.9 Å². The summed E-state index contributed by atoms with van der Waals surface area (Å²) >= 11 is 0. The molecule has 0 spiro atoms. The predicted molar refractivity (Wildman–Crippen MR) is 115 cm³/mol. The Kier molecular flexibility index (Phi) is 12.4. The lowest BCUT2D eigenvalue weighted by molar-refractivity contribution is -0.204. The van der Waals surface area contributed by atoms with Crippen molar-refractivity contribution in [1.82, 2.24) is 0 Å². The minimum absolute atomic E-state index is 0.204. The van der Waals surface area contributed by atoms with Gasteiger partial charge in [-0.25, -0.2) is 0 Å². The molecule has 0 aromatic carbocycles. The lowest BCUT2D eigenvalue weighted by Crippen LogP contribution is -2.34. The van der Waals surface area contributed by atoms with Crippen LogP contribution in [0.2, 0.25) is 0 Å². The molecule has 4 nitrogen and oxygen atoms in total. The van der Waals surface area contributed by atoms with Gasteiger partial charge in [-0.2, -0.15) is 0 Å². The van der Waals surface area contributed by atoms with Gasteiger partial charge >= 0.3 is 5.97 Å². The number of ether oxygens (including phenoxy) is 1. The number of rotatable bonds is 14. The number of carbonyl (C=O) groups excluding carboxylic acids is 1. The van der Waals surface area contributed by atoms with Crippen LogP contribution in [0.1, 0.15) is 91.4 Å². The van der Waals surface area contributed by atoms with Gasteiger partial charge in [-0.05, 0) is 56.3 Å². The van der Waals surface area contributed by atoms with Crippen LogP contribution in [0.15, 0.2) is 24.3 Å². The first-order valence-electron chi connectivity index (χ1n) is 11.2. The number of aliphatic hydroxyl groups is 2. The van der Waals surface area contributed by atoms with Crippen molar-refractivity contribution in [2.45, 2.75) is 97.2 Å². The molecule has 28 heavy (non-hydrogen) atoms. The smallest absolute Gasteiger partial charge is 0.302 e. The van der Waals surface area contributed by atoms with Gasteiger partial charge in [0.1, 0.15) is 6.61 Å². The molecule has 0 saturated heterocycles. The van der Waals surface area contributed by atoms with Crippen LogP contribution in [-0.2, 0) is 9.53 Å². The van der Waals surface area contributed by atoms with Gasteiger partial charge in [0.05, 0.1) is 0 Å². The van der Waals surface area contributed by atoms with E-state index in [9.17, 15) is 15.0 Å². The minimum Gasteiger partial charge on any atom is -0.460 e. The molecule has 1 aliphatic rings. The Balaban J connectivity index is 2.23. The van der Waals surface area contributed by atoms with E-state index in [-0.39, 0.29) is 13.0 Å². The largest absolute Gasteiger partial charge is 0.460 e. The Morgan fingerprint density at radius 2 is 2.00 bits per heavy atom. The summed E-state index contributed by atoms with van der Waals surface area (Å²) in [7, 11) is 0. The van der Waals surface area contributed by atoms with E-state index in [0.717, 1.165) is 24.7 Å². The maximum atomic E-state index is 10.7. The van der Waals surface area contributed by atoms with Crippen molar-refractivity contribution in [1.29, 1.82) is 0 Å². The zero-order valence-corrected chi connectivity index (χ0v) is 18.2. The molecule has 4 heteroatoms. The molecule has 0 amide bonds. The van der Waals surface area contributed by atoms with Gasteiger partial charge in [-0.15, -0.1) is 0 Å². The lowest BCUT2D eigenvalue weighted by Gasteiger charge is -2.20. The molecular formula is C24H42O4. The second-order valence-electron chi connectivity index (χ2n) is 8.63. The first kappa shape index (κ1) is 24.9. The van der Waals surface area contributed by atoms with Crippen LogP contribution in [0, 0.1) is 17.8 Å². The van der Waals surface area contributed by atoms with Gasteiger partial charge in [0.25, 0.3) is 0 Å². The molecule has 0 radical (unpaired) electrons. The minimum atomic E-state index is -1.92. The summed E-state index contributed by atoms with van der Waals surface area (Å²) < 4.78 is 4.67. The second kappa shape index (κ2) is 13.9. The number of hydrogen-bond acceptors (Lipinski definition) is 4. The van der Waals surface area contributed by atoms with E-state index < -0.39 is 11.8 Å². The van der Waals surface area contributed by atoms with Gasteiger partial charge in [-0.3, -0.25) is 4.79 Å². The number of esters is 1. The maximum Gasteiger partial charge on any atom is 0.302 e. The third-order valence-electron chi connectivity index (χ3n) is 5.75. The molecule has 2 N–H and O–H groups in total. The first-order valence-corrected chi connectivity index (χ1v) is 11.2. The molecule has 1 fully saturated rings. The Morgan fingerprint density at radius 3 is 2.71 bits per heavy atom. The molecule has 0 heterocycles. The third kappa shape index (κ3) is 11.7. The Hall–Kier alpha value is -1.13. The van der Waals surface area contributed by atoms with Crippen molar-refractivity contribution < 1.29 is 19.7 Å². The molecule has 0 bridgehead atoms. The normalized spacial score (nSPS) is 21.6. The standard InChI is InChI=1S/C24H42O4/c1-4-5-12-20(2)13-10-15-23-17-11-16-22(23)14-8-6-7-9-18-24(26,27)19-28-21(3)25/h6,8,10,15,20,22-23,26-27H,4-5,7,9,11-14,16-19H2,1-3H3/t20-,22+,23+/m1/s1. The number of allylic oxidation sites excluding steroid dienone is 4. The van der Waals surface area contributed by atoms with Crippen LogP contribution in [-0.4, -0.2) is 28.6 Å². The maximum absolute atomic E-state index is 10.7. The quantitative estimate of drug-likeness (QED) is 0.176. The molecule has 3 atom stereocenters. The van der Waals surface area contributed by atoms with Crippen molar-refractivity contribution in [3.05, 3.63) is 24.3 Å². The summed E-state index contributed by atoms with van der Waals surface area (Å²) in [6, 6.07) is 0. The highest BCUT2D eigenvalue weighted by Gasteiger charge is 2.24. The van der Waals surface area contributed by atoms with Crippen LogP contribution < -0.4 is 0 Å². The van der Waals surface area contributed by atoms with Crippen LogP contribution in [0.4, 0.5) is 0 Å². The van der Waals surface area contributed by atoms with Crippen LogP contribution >= 0.6 is 0 Å². The number of carbonyl (C=O) groups is 1. The topological polar surface area (TPSA) is 66.8 Å². The molecule has 0 aromatic rings. The summed E-state index contributed by atoms with van der Waals surface area (Å²) in [5.74, 6) is -0.161. The van der Waals surface area contributed by atoms with Gasteiger partial charge < -0.3 is 14.9 Å². The fraction of sp³-hybridized carbons (Fsp3) is 0.792. The average molecular weight is 395 g/mol. The molecular weight excluding hydrogens is 352 g/mol. The Labute approximate surface area is 172 Å². The molecule has 1 rings (SSSR count). The zero-order valence-electron chi connectivity index (χ0n) is 18.2. The number of unbranched alkanes of at least 4 members (excludes halogenated alkanes) is 2. The van der Waals surface area contributed by atoms with Crippen molar-refractivity contribution in [2.75, 3.05) is 6.61 Å². The van der Waals surface area contributed by atoms with Gasteiger partial charge in [0.2, 0.25) is 0 Å². The van der Waals surface area contributed by atoms with Crippen molar-refractivity contribution in [3.8, 4) is 0 Å². The van der Waals surface area contributed by atoms with Crippen LogP contribution in [0.3, 0.4) is 0 Å². The van der Waals surface area contributed by atoms with E-state index in [1.807, 2.05) is 0 Å². The summed E-state index contributed by atoms with van der Waals surface area (Å²) in [5, 5.41) is 19.5. The van der Waals surface area contributed by atoms with E-state index in [1.54, 1.807) is 0 Å². The van der Waals surface area contributed by atoms with E-state index in [2.05, 4.69) is 42.9 Å². The zero-order chi connectivity index (χ0) is 20.8. The molecule has 0 aromatic heterocycles. The van der Waals surface area contributed by atoms with Crippen LogP contribution in [0.5, 0.6) is 0 Å². The predicted octanol–water partition coefficient (Wildman–Crippen LogP) is 5.54. The van der Waals surface area contributed by atoms with Crippen molar-refractivity contribution in [3.63, 3.8) is 0 Å². The monoisotopic (exact) mass is 394 g/mol. The fourth-order valence-electron chi connectivity index (χ4n) is 3.95. The van der Waals surface area contributed by atoms with E-state index >= 15 is 0 Å². The second-order valence-corrected chi connectivity index (χ2v) is 8.63. The first-order chi connectivity index (χ1) is 13.3. The van der Waals surface area contributed by atoms with E-state index in [4.69, 9.17) is 0 Å². The summed E-state index contributed by atoms with van der Waals surface area (Å²) in [6.45, 7) is 5.51. The molecule has 162 valence electrons. The molecule has 1 saturated carbocycles. The Bertz CT molecular complexity index is 481. The molecule has 1 aliphatic carbocycles. The highest BCUT2D eigenvalue weighted by Crippen LogP contribution is 2.35.